The highest BCUT2D eigenvalue weighted by Gasteiger charge is 2.24. The predicted octanol–water partition coefficient (Wildman–Crippen LogP) is 2.83. The molecule has 1 amide bonds. The van der Waals surface area contributed by atoms with E-state index in [-0.39, 0.29) is 16.6 Å². The number of ether oxygens (including phenoxy) is 3. The molecular formula is C22H23ClN4O6S. The predicted molar refractivity (Wildman–Crippen MR) is 131 cm³/mol. The van der Waals surface area contributed by atoms with Gasteiger partial charge in [0.15, 0.2) is 0 Å². The Balaban J connectivity index is 1.79. The van der Waals surface area contributed by atoms with Crippen LogP contribution in [0.2, 0.25) is 5.15 Å². The molecule has 0 aliphatic heterocycles. The van der Waals surface area contributed by atoms with E-state index in [0.717, 1.165) is 15.9 Å². The first kappa shape index (κ1) is 25.1. The zero-order chi connectivity index (χ0) is 24.9. The molecule has 0 aliphatic rings. The fourth-order valence-electron chi connectivity index (χ4n) is 3.07. The Hall–Kier alpha value is -3.57. The fraction of sp³-hybridized carbons (Fsp3) is 0.227. The van der Waals surface area contributed by atoms with Gasteiger partial charge in [-0.25, -0.2) is 18.8 Å². The maximum absolute atomic E-state index is 12.5. The van der Waals surface area contributed by atoms with E-state index in [1.807, 2.05) is 6.07 Å². The van der Waals surface area contributed by atoms with Crippen LogP contribution in [0.25, 0.3) is 10.9 Å². The normalized spacial score (nSPS) is 11.4. The summed E-state index contributed by atoms with van der Waals surface area (Å²) in [6.45, 7) is -0.538. The number of anilines is 1. The minimum atomic E-state index is -3.84. The Morgan fingerprint density at radius 2 is 1.76 bits per heavy atom. The van der Waals surface area contributed by atoms with Gasteiger partial charge in [-0.3, -0.25) is 9.10 Å². The fourth-order valence-corrected chi connectivity index (χ4v) is 4.12. The third-order valence-corrected chi connectivity index (χ3v) is 6.17. The van der Waals surface area contributed by atoms with Gasteiger partial charge in [0, 0.05) is 23.1 Å². The van der Waals surface area contributed by atoms with Crippen LogP contribution >= 0.6 is 11.6 Å². The van der Waals surface area contributed by atoms with E-state index >= 15 is 0 Å². The number of halogens is 1. The van der Waals surface area contributed by atoms with E-state index in [1.165, 1.54) is 26.5 Å². The van der Waals surface area contributed by atoms with Crippen molar-refractivity contribution in [3.8, 4) is 17.2 Å². The number of hydrogen-bond acceptors (Lipinski definition) is 8. The lowest BCUT2D eigenvalue weighted by molar-refractivity contribution is -0.119. The first-order valence-electron chi connectivity index (χ1n) is 9.82. The molecule has 0 radical (unpaired) electrons. The summed E-state index contributed by atoms with van der Waals surface area (Å²) in [5.74, 6) is 0.626. The van der Waals surface area contributed by atoms with Crippen molar-refractivity contribution in [2.75, 3.05) is 38.4 Å². The number of benzene rings is 2. The summed E-state index contributed by atoms with van der Waals surface area (Å²) < 4.78 is 41.3. The van der Waals surface area contributed by atoms with E-state index in [1.54, 1.807) is 37.4 Å². The van der Waals surface area contributed by atoms with Gasteiger partial charge in [-0.15, -0.1) is 0 Å². The summed E-state index contributed by atoms with van der Waals surface area (Å²) in [6, 6.07) is 11.7. The second-order valence-corrected chi connectivity index (χ2v) is 9.29. The molecule has 34 heavy (non-hydrogen) atoms. The van der Waals surface area contributed by atoms with Crippen molar-refractivity contribution in [1.82, 2.24) is 10.4 Å². The summed E-state index contributed by atoms with van der Waals surface area (Å²) in [4.78, 5) is 16.8. The van der Waals surface area contributed by atoms with Gasteiger partial charge in [-0.2, -0.15) is 5.10 Å². The molecule has 1 aromatic heterocycles. The molecule has 3 aromatic rings. The van der Waals surface area contributed by atoms with Gasteiger partial charge in [0.25, 0.3) is 5.91 Å². The third-order valence-electron chi connectivity index (χ3n) is 4.74. The van der Waals surface area contributed by atoms with Crippen LogP contribution in [0, 0.1) is 0 Å². The summed E-state index contributed by atoms with van der Waals surface area (Å²) in [6.07, 6.45) is 2.31. The minimum Gasteiger partial charge on any atom is -0.497 e. The van der Waals surface area contributed by atoms with Gasteiger partial charge < -0.3 is 14.2 Å². The number of carbonyl (C=O) groups excluding carboxylic acids is 1. The molecule has 10 nitrogen and oxygen atoms in total. The third kappa shape index (κ3) is 5.86. The Labute approximate surface area is 202 Å². The van der Waals surface area contributed by atoms with Crippen LogP contribution in [-0.4, -0.2) is 59.7 Å². The maximum Gasteiger partial charge on any atom is 0.260 e. The summed E-state index contributed by atoms with van der Waals surface area (Å²) in [5, 5.41) is 4.87. The standard InChI is InChI=1S/C22H23ClN4O6S/c1-31-16-6-5-14-9-15(22(23)25-18(14)10-16)12-24-26-21(28)13-27(34(4,29)30)19-11-17(32-2)7-8-20(19)33-3/h5-12H,13H2,1-4H3,(H,26,28)/b24-12-. The maximum atomic E-state index is 12.5. The number of aromatic nitrogens is 1. The van der Waals surface area contributed by atoms with Crippen LogP contribution in [0.15, 0.2) is 47.6 Å². The average molecular weight is 507 g/mol. The number of nitrogens with one attached hydrogen (secondary N) is 1. The molecule has 0 saturated heterocycles. The van der Waals surface area contributed by atoms with Crippen LogP contribution < -0.4 is 23.9 Å². The highest BCUT2D eigenvalue weighted by Crippen LogP contribution is 2.33. The van der Waals surface area contributed by atoms with Crippen LogP contribution in [0.3, 0.4) is 0 Å². The van der Waals surface area contributed by atoms with Crippen molar-refractivity contribution in [3.63, 3.8) is 0 Å². The first-order valence-corrected chi connectivity index (χ1v) is 12.0. The summed E-state index contributed by atoms with van der Waals surface area (Å²) in [5.41, 5.74) is 3.57. The summed E-state index contributed by atoms with van der Waals surface area (Å²) >= 11 is 6.23. The molecule has 0 saturated carbocycles. The van der Waals surface area contributed by atoms with Gasteiger partial charge in [-0.1, -0.05) is 11.6 Å². The van der Waals surface area contributed by atoms with E-state index in [4.69, 9.17) is 25.8 Å². The van der Waals surface area contributed by atoms with Gasteiger partial charge in [0.2, 0.25) is 10.0 Å². The Morgan fingerprint density at radius 1 is 1.09 bits per heavy atom. The topological polar surface area (TPSA) is 119 Å². The average Bonchev–Trinajstić information content (AvgIpc) is 2.81. The van der Waals surface area contributed by atoms with Crippen molar-refractivity contribution in [3.05, 3.63) is 53.2 Å². The van der Waals surface area contributed by atoms with Gasteiger partial charge in [0.1, 0.15) is 28.9 Å². The number of nitrogens with zero attached hydrogens (tertiary/aromatic N) is 3. The van der Waals surface area contributed by atoms with Gasteiger partial charge >= 0.3 is 0 Å². The Morgan fingerprint density at radius 3 is 2.41 bits per heavy atom. The van der Waals surface area contributed by atoms with Crippen molar-refractivity contribution in [2.45, 2.75) is 0 Å². The lowest BCUT2D eigenvalue weighted by Crippen LogP contribution is -2.39. The minimum absolute atomic E-state index is 0.153. The van der Waals surface area contributed by atoms with Gasteiger partial charge in [0.05, 0.1) is 45.0 Å². The van der Waals surface area contributed by atoms with Gasteiger partial charge in [-0.05, 0) is 30.3 Å². The summed E-state index contributed by atoms with van der Waals surface area (Å²) in [7, 11) is 0.558. The first-order chi connectivity index (χ1) is 16.2. The molecular weight excluding hydrogens is 484 g/mol. The van der Waals surface area contributed by atoms with Crippen molar-refractivity contribution >= 4 is 50.3 Å². The molecule has 1 N–H and O–H groups in total. The lowest BCUT2D eigenvalue weighted by Gasteiger charge is -2.23. The zero-order valence-electron chi connectivity index (χ0n) is 18.9. The highest BCUT2D eigenvalue weighted by atomic mass is 35.5. The van der Waals surface area contributed by atoms with Crippen LogP contribution in [-0.2, 0) is 14.8 Å². The van der Waals surface area contributed by atoms with E-state index < -0.39 is 22.5 Å². The Bertz CT molecular complexity index is 1350. The zero-order valence-corrected chi connectivity index (χ0v) is 20.5. The molecule has 3 rings (SSSR count). The lowest BCUT2D eigenvalue weighted by atomic mass is 10.1. The largest absolute Gasteiger partial charge is 0.497 e. The molecule has 0 aliphatic carbocycles. The number of hydrogen-bond donors (Lipinski definition) is 1. The second kappa shape index (κ2) is 10.6. The van der Waals surface area contributed by atoms with E-state index in [0.29, 0.717) is 22.6 Å². The van der Waals surface area contributed by atoms with Crippen LogP contribution in [0.5, 0.6) is 17.2 Å². The van der Waals surface area contributed by atoms with Crippen LogP contribution in [0.1, 0.15) is 5.56 Å². The number of amides is 1. The molecule has 2 aromatic carbocycles. The number of hydrazone groups is 1. The molecule has 180 valence electrons. The number of carbonyl (C=O) groups is 1. The monoisotopic (exact) mass is 506 g/mol. The molecule has 12 heteroatoms. The molecule has 0 atom stereocenters. The quantitative estimate of drug-likeness (QED) is 0.269. The SMILES string of the molecule is COc1ccc(OC)c(N(CC(=O)N/N=C\c2cc3ccc(OC)cc3nc2Cl)S(C)(=O)=O)c1. The van der Waals surface area contributed by atoms with Crippen LogP contribution in [0.4, 0.5) is 5.69 Å². The van der Waals surface area contributed by atoms with E-state index in [2.05, 4.69) is 15.5 Å². The number of rotatable bonds is 9. The molecule has 0 fully saturated rings. The molecule has 0 bridgehead atoms. The molecule has 1 heterocycles. The number of pyridine rings is 1. The van der Waals surface area contributed by atoms with E-state index in [9.17, 15) is 13.2 Å². The number of fused-ring (bicyclic) bond motifs is 1. The smallest absolute Gasteiger partial charge is 0.260 e. The van der Waals surface area contributed by atoms with Crippen molar-refractivity contribution in [1.29, 1.82) is 0 Å². The highest BCUT2D eigenvalue weighted by molar-refractivity contribution is 7.92. The number of methoxy groups -OCH3 is 3. The second-order valence-electron chi connectivity index (χ2n) is 7.03. The van der Waals surface area contributed by atoms with Crippen molar-refractivity contribution in [2.24, 2.45) is 5.10 Å². The Kier molecular flexibility index (Phi) is 7.79. The number of sulfonamides is 1. The molecule has 0 spiro atoms. The van der Waals surface area contributed by atoms with Crippen molar-refractivity contribution < 1.29 is 27.4 Å². The molecule has 0 unspecified atom stereocenters.